The van der Waals surface area contributed by atoms with E-state index in [2.05, 4.69) is 59.0 Å². The van der Waals surface area contributed by atoms with Crippen molar-refractivity contribution in [1.29, 1.82) is 0 Å². The summed E-state index contributed by atoms with van der Waals surface area (Å²) >= 11 is 0. The second-order valence-corrected chi connectivity index (χ2v) is 8.59. The maximum Gasteiger partial charge on any atom is 0.0211 e. The molecule has 3 unspecified atom stereocenters. The number of aryl methyl sites for hydroxylation is 3. The van der Waals surface area contributed by atoms with Crippen molar-refractivity contribution < 1.29 is 0 Å². The fourth-order valence-corrected chi connectivity index (χ4v) is 5.23. The summed E-state index contributed by atoms with van der Waals surface area (Å²) < 4.78 is 0. The van der Waals surface area contributed by atoms with Gasteiger partial charge in [-0.15, -0.1) is 0 Å². The van der Waals surface area contributed by atoms with E-state index in [1.54, 1.807) is 0 Å². The molecule has 0 saturated heterocycles. The van der Waals surface area contributed by atoms with Crippen LogP contribution in [0.15, 0.2) is 12.1 Å². The van der Waals surface area contributed by atoms with Crippen LogP contribution < -0.4 is 5.32 Å². The summed E-state index contributed by atoms with van der Waals surface area (Å²) in [6, 6.07) is 5.37. The van der Waals surface area contributed by atoms with Crippen molar-refractivity contribution >= 4 is 0 Å². The largest absolute Gasteiger partial charge is 0.309 e. The van der Waals surface area contributed by atoms with Gasteiger partial charge in [-0.3, -0.25) is 0 Å². The third kappa shape index (κ3) is 2.34. The van der Waals surface area contributed by atoms with Crippen LogP contribution in [0.3, 0.4) is 0 Å². The standard InChI is InChI=1S/C20H31N/c1-13-9-15(3)16(10-14(13)2)12-21-18-19(4,5)17-7-8-20(18,6)11-17/h9-10,17-18,21H,7-8,11-12H2,1-6H3. The van der Waals surface area contributed by atoms with Crippen molar-refractivity contribution in [3.63, 3.8) is 0 Å². The zero-order valence-electron chi connectivity index (χ0n) is 14.6. The minimum atomic E-state index is 0.445. The Balaban J connectivity index is 1.78. The molecule has 0 heterocycles. The van der Waals surface area contributed by atoms with Gasteiger partial charge in [0.25, 0.3) is 0 Å². The zero-order chi connectivity index (χ0) is 15.4. The predicted octanol–water partition coefficient (Wildman–Crippen LogP) is 4.92. The molecule has 3 rings (SSSR count). The molecule has 1 heteroatoms. The van der Waals surface area contributed by atoms with Crippen LogP contribution in [-0.4, -0.2) is 6.04 Å². The van der Waals surface area contributed by atoms with Gasteiger partial charge in [-0.1, -0.05) is 32.9 Å². The van der Waals surface area contributed by atoms with E-state index in [-0.39, 0.29) is 0 Å². The summed E-state index contributed by atoms with van der Waals surface area (Å²) in [5, 5.41) is 3.95. The average molecular weight is 285 g/mol. The van der Waals surface area contributed by atoms with E-state index in [9.17, 15) is 0 Å². The van der Waals surface area contributed by atoms with Crippen molar-refractivity contribution in [2.75, 3.05) is 0 Å². The smallest absolute Gasteiger partial charge is 0.0211 e. The molecule has 2 fully saturated rings. The Bertz CT molecular complexity index is 552. The average Bonchev–Trinajstić information content (AvgIpc) is 2.86. The van der Waals surface area contributed by atoms with Crippen molar-refractivity contribution in [2.45, 2.75) is 73.4 Å². The quantitative estimate of drug-likeness (QED) is 0.831. The van der Waals surface area contributed by atoms with Gasteiger partial charge in [0.2, 0.25) is 0 Å². The Hall–Kier alpha value is -0.820. The van der Waals surface area contributed by atoms with E-state index in [1.807, 2.05) is 0 Å². The lowest BCUT2D eigenvalue weighted by atomic mass is 9.68. The highest BCUT2D eigenvalue weighted by molar-refractivity contribution is 5.36. The van der Waals surface area contributed by atoms with Gasteiger partial charge in [0.1, 0.15) is 0 Å². The van der Waals surface area contributed by atoms with Gasteiger partial charge in [-0.25, -0.2) is 0 Å². The highest BCUT2D eigenvalue weighted by Crippen LogP contribution is 2.62. The second kappa shape index (κ2) is 4.84. The van der Waals surface area contributed by atoms with Gasteiger partial charge in [0.05, 0.1) is 0 Å². The number of fused-ring (bicyclic) bond motifs is 2. The van der Waals surface area contributed by atoms with E-state index in [4.69, 9.17) is 0 Å². The summed E-state index contributed by atoms with van der Waals surface area (Å²) in [6.07, 6.45) is 4.26. The lowest BCUT2D eigenvalue weighted by molar-refractivity contribution is 0.108. The fraction of sp³-hybridized carbons (Fsp3) is 0.700. The van der Waals surface area contributed by atoms with Gasteiger partial charge in [0.15, 0.2) is 0 Å². The molecule has 2 aliphatic carbocycles. The molecule has 116 valence electrons. The lowest BCUT2D eigenvalue weighted by Gasteiger charge is -2.43. The molecule has 2 aliphatic rings. The highest BCUT2D eigenvalue weighted by Gasteiger charge is 2.58. The number of rotatable bonds is 3. The van der Waals surface area contributed by atoms with Crippen molar-refractivity contribution in [3.05, 3.63) is 34.4 Å². The molecule has 0 spiro atoms. The number of benzene rings is 1. The summed E-state index contributed by atoms with van der Waals surface area (Å²) in [5.41, 5.74) is 6.68. The molecule has 0 aliphatic heterocycles. The molecule has 1 aromatic carbocycles. The van der Waals surface area contributed by atoms with Crippen LogP contribution in [0.25, 0.3) is 0 Å². The molecule has 0 radical (unpaired) electrons. The van der Waals surface area contributed by atoms with Crippen LogP contribution in [0.1, 0.15) is 62.3 Å². The molecule has 1 N–H and O–H groups in total. The highest BCUT2D eigenvalue weighted by atomic mass is 15.0. The Labute approximate surface area is 130 Å². The van der Waals surface area contributed by atoms with E-state index >= 15 is 0 Å². The molecule has 0 aromatic heterocycles. The molecular formula is C20H31N. The minimum Gasteiger partial charge on any atom is -0.309 e. The van der Waals surface area contributed by atoms with Crippen molar-refractivity contribution in [1.82, 2.24) is 5.32 Å². The first kappa shape index (κ1) is 15.1. The normalized spacial score (nSPS) is 33.6. The molecule has 1 aromatic rings. The summed E-state index contributed by atoms with van der Waals surface area (Å²) in [6.45, 7) is 15.2. The molecule has 1 nitrogen and oxygen atoms in total. The fourth-order valence-electron chi connectivity index (χ4n) is 5.23. The third-order valence-corrected chi connectivity index (χ3v) is 6.72. The van der Waals surface area contributed by atoms with Crippen molar-refractivity contribution in [2.24, 2.45) is 16.7 Å². The maximum absolute atomic E-state index is 3.95. The van der Waals surface area contributed by atoms with Crippen LogP contribution in [-0.2, 0) is 6.54 Å². The topological polar surface area (TPSA) is 12.0 Å². The number of hydrogen-bond acceptors (Lipinski definition) is 1. The van der Waals surface area contributed by atoms with Crippen LogP contribution in [0.5, 0.6) is 0 Å². The maximum atomic E-state index is 3.95. The molecule has 2 saturated carbocycles. The second-order valence-electron chi connectivity index (χ2n) is 8.59. The Morgan fingerprint density at radius 3 is 2.33 bits per heavy atom. The minimum absolute atomic E-state index is 0.445. The lowest BCUT2D eigenvalue weighted by Crippen LogP contribution is -2.50. The molecule has 2 bridgehead atoms. The van der Waals surface area contributed by atoms with E-state index < -0.39 is 0 Å². The van der Waals surface area contributed by atoms with Crippen molar-refractivity contribution in [3.8, 4) is 0 Å². The molecule has 3 atom stereocenters. The predicted molar refractivity (Wildman–Crippen MR) is 90.5 cm³/mol. The van der Waals surface area contributed by atoms with Crippen LogP contribution in [0.4, 0.5) is 0 Å². The third-order valence-electron chi connectivity index (χ3n) is 6.72. The number of hydrogen-bond donors (Lipinski definition) is 1. The van der Waals surface area contributed by atoms with Gasteiger partial charge >= 0.3 is 0 Å². The van der Waals surface area contributed by atoms with E-state index in [0.717, 1.165) is 12.5 Å². The SMILES string of the molecule is Cc1cc(C)c(CNC2C3(C)CCC(C3)C2(C)C)cc1C. The first-order valence-corrected chi connectivity index (χ1v) is 8.54. The van der Waals surface area contributed by atoms with Crippen LogP contribution in [0.2, 0.25) is 0 Å². The Kier molecular flexibility index (Phi) is 3.48. The van der Waals surface area contributed by atoms with Crippen LogP contribution in [0, 0.1) is 37.5 Å². The van der Waals surface area contributed by atoms with E-state index in [0.29, 0.717) is 16.9 Å². The van der Waals surface area contributed by atoms with E-state index in [1.165, 1.54) is 41.5 Å². The van der Waals surface area contributed by atoms with Gasteiger partial charge in [-0.2, -0.15) is 0 Å². The van der Waals surface area contributed by atoms with Crippen LogP contribution >= 0.6 is 0 Å². The Morgan fingerprint density at radius 1 is 1.05 bits per heavy atom. The number of nitrogens with one attached hydrogen (secondary N) is 1. The molecular weight excluding hydrogens is 254 g/mol. The van der Waals surface area contributed by atoms with Gasteiger partial charge in [0, 0.05) is 12.6 Å². The first-order chi connectivity index (χ1) is 9.74. The van der Waals surface area contributed by atoms with Gasteiger partial charge in [-0.05, 0) is 79.0 Å². The summed E-state index contributed by atoms with van der Waals surface area (Å²) in [5.74, 6) is 0.917. The Morgan fingerprint density at radius 2 is 1.71 bits per heavy atom. The summed E-state index contributed by atoms with van der Waals surface area (Å²) in [7, 11) is 0. The summed E-state index contributed by atoms with van der Waals surface area (Å²) in [4.78, 5) is 0. The monoisotopic (exact) mass is 285 g/mol. The molecule has 21 heavy (non-hydrogen) atoms. The van der Waals surface area contributed by atoms with Gasteiger partial charge < -0.3 is 5.32 Å². The first-order valence-electron chi connectivity index (χ1n) is 8.54. The molecule has 0 amide bonds. The zero-order valence-corrected chi connectivity index (χ0v) is 14.6.